The average molecular weight is 477 g/mol. The zero-order valence-electron chi connectivity index (χ0n) is 19.1. The van der Waals surface area contributed by atoms with E-state index in [9.17, 15) is 24.3 Å². The van der Waals surface area contributed by atoms with Gasteiger partial charge in [0.2, 0.25) is 17.7 Å². The molecule has 12 heteroatoms. The third kappa shape index (κ3) is 12.8. The van der Waals surface area contributed by atoms with E-state index in [0.717, 1.165) is 6.42 Å². The Kier molecular flexibility index (Phi) is 16.6. The first-order valence-electron chi connectivity index (χ1n) is 11.0. The van der Waals surface area contributed by atoms with Crippen LogP contribution in [-0.4, -0.2) is 78.1 Å². The molecule has 0 bridgehead atoms. The maximum atomic E-state index is 12.7. The summed E-state index contributed by atoms with van der Waals surface area (Å²) in [7, 11) is 0. The first-order chi connectivity index (χ1) is 15.2. The molecule has 0 aromatic heterocycles. The second-order valence-corrected chi connectivity index (χ2v) is 8.63. The minimum Gasteiger partial charge on any atom is -0.480 e. The van der Waals surface area contributed by atoms with Gasteiger partial charge in [-0.25, -0.2) is 4.79 Å². The Balaban J connectivity index is 4.99. The molecule has 32 heavy (non-hydrogen) atoms. The number of hydrogen-bond donors (Lipinski definition) is 7. The molecule has 0 rings (SSSR count). The predicted octanol–water partition coefficient (Wildman–Crippen LogP) is -1.12. The zero-order chi connectivity index (χ0) is 24.5. The highest BCUT2D eigenvalue weighted by atomic mass is 32.2. The summed E-state index contributed by atoms with van der Waals surface area (Å²) in [5, 5.41) is 17.0. The second-order valence-electron chi connectivity index (χ2n) is 7.65. The highest BCUT2D eigenvalue weighted by Gasteiger charge is 2.28. The summed E-state index contributed by atoms with van der Waals surface area (Å²) in [6.07, 6.45) is 5.54. The van der Waals surface area contributed by atoms with E-state index in [4.69, 9.17) is 17.2 Å². The fourth-order valence-electron chi connectivity index (χ4n) is 2.85. The molecule has 10 N–H and O–H groups in total. The number of carbonyl (C=O) groups is 4. The highest BCUT2D eigenvalue weighted by molar-refractivity contribution is 7.98. The number of nitrogens with one attached hydrogen (secondary N) is 3. The van der Waals surface area contributed by atoms with E-state index in [1.54, 1.807) is 0 Å². The summed E-state index contributed by atoms with van der Waals surface area (Å²) >= 11 is 1.47. The molecule has 0 saturated carbocycles. The van der Waals surface area contributed by atoms with Gasteiger partial charge < -0.3 is 38.3 Å². The van der Waals surface area contributed by atoms with Gasteiger partial charge in [0.05, 0.1) is 6.04 Å². The van der Waals surface area contributed by atoms with Gasteiger partial charge in [0, 0.05) is 0 Å². The van der Waals surface area contributed by atoms with Crippen LogP contribution in [0.1, 0.15) is 51.9 Å². The van der Waals surface area contributed by atoms with Gasteiger partial charge in [-0.15, -0.1) is 0 Å². The van der Waals surface area contributed by atoms with E-state index in [1.807, 2.05) is 6.26 Å². The summed E-state index contributed by atoms with van der Waals surface area (Å²) in [5.74, 6) is -2.17. The topological polar surface area (TPSA) is 203 Å². The van der Waals surface area contributed by atoms with E-state index in [0.29, 0.717) is 50.9 Å². The van der Waals surface area contributed by atoms with Crippen LogP contribution in [0.2, 0.25) is 0 Å². The fourth-order valence-corrected chi connectivity index (χ4v) is 3.32. The first kappa shape index (κ1) is 30.1. The lowest BCUT2D eigenvalue weighted by Gasteiger charge is -2.24. The number of hydrogen-bond acceptors (Lipinski definition) is 8. The van der Waals surface area contributed by atoms with Gasteiger partial charge >= 0.3 is 5.97 Å². The lowest BCUT2D eigenvalue weighted by atomic mass is 10.1. The first-order valence-corrected chi connectivity index (χ1v) is 12.4. The van der Waals surface area contributed by atoms with Gasteiger partial charge in [0.15, 0.2) is 0 Å². The van der Waals surface area contributed by atoms with Crippen LogP contribution in [0, 0.1) is 0 Å². The molecule has 0 aromatic rings. The van der Waals surface area contributed by atoms with Crippen LogP contribution in [0.3, 0.4) is 0 Å². The number of nitrogens with two attached hydrogens (primary N) is 3. The zero-order valence-corrected chi connectivity index (χ0v) is 19.9. The Morgan fingerprint density at radius 1 is 0.812 bits per heavy atom. The number of rotatable bonds is 18. The van der Waals surface area contributed by atoms with E-state index < -0.39 is 47.9 Å². The maximum absolute atomic E-state index is 12.7. The molecule has 0 aromatic carbocycles. The smallest absolute Gasteiger partial charge is 0.326 e. The Morgan fingerprint density at radius 2 is 1.38 bits per heavy atom. The monoisotopic (exact) mass is 476 g/mol. The van der Waals surface area contributed by atoms with Crippen molar-refractivity contribution in [2.45, 2.75) is 76.0 Å². The van der Waals surface area contributed by atoms with Gasteiger partial charge in [0.1, 0.15) is 18.1 Å². The highest BCUT2D eigenvalue weighted by Crippen LogP contribution is 2.06. The summed E-state index contributed by atoms with van der Waals surface area (Å²) < 4.78 is 0. The summed E-state index contributed by atoms with van der Waals surface area (Å²) in [6, 6.07) is -3.66. The molecule has 0 radical (unpaired) electrons. The van der Waals surface area contributed by atoms with Gasteiger partial charge in [0.25, 0.3) is 0 Å². The van der Waals surface area contributed by atoms with E-state index >= 15 is 0 Å². The molecule has 3 amide bonds. The fraction of sp³-hybridized carbons (Fsp3) is 0.800. The summed E-state index contributed by atoms with van der Waals surface area (Å²) in [6.45, 7) is 2.44. The van der Waals surface area contributed by atoms with E-state index in [2.05, 4.69) is 16.0 Å². The lowest BCUT2D eigenvalue weighted by Crippen LogP contribution is -2.56. The molecule has 11 nitrogen and oxygen atoms in total. The molecule has 0 heterocycles. The minimum absolute atomic E-state index is 0.264. The van der Waals surface area contributed by atoms with Crippen molar-refractivity contribution < 1.29 is 24.3 Å². The molecule has 0 spiro atoms. The molecule has 186 valence electrons. The molecule has 0 aliphatic heterocycles. The van der Waals surface area contributed by atoms with Crippen LogP contribution in [0.5, 0.6) is 0 Å². The maximum Gasteiger partial charge on any atom is 0.326 e. The molecule has 0 fully saturated rings. The predicted molar refractivity (Wildman–Crippen MR) is 126 cm³/mol. The van der Waals surface area contributed by atoms with Gasteiger partial charge in [-0.3, -0.25) is 14.4 Å². The third-order valence-electron chi connectivity index (χ3n) is 4.86. The van der Waals surface area contributed by atoms with Crippen molar-refractivity contribution in [3.8, 4) is 0 Å². The molecule has 0 saturated heterocycles. The van der Waals surface area contributed by atoms with Gasteiger partial charge in [-0.05, 0) is 70.5 Å². The SMILES string of the molecule is CSCCC(NC(=O)C(CCCCN)NC(=O)C(C)NC(=O)C(N)CCCCN)C(=O)O. The third-order valence-corrected chi connectivity index (χ3v) is 5.51. The van der Waals surface area contributed by atoms with Gasteiger partial charge in [-0.1, -0.05) is 6.42 Å². The van der Waals surface area contributed by atoms with Crippen molar-refractivity contribution >= 4 is 35.5 Å². The van der Waals surface area contributed by atoms with E-state index in [-0.39, 0.29) is 6.42 Å². The number of carboxylic acids is 1. The molecule has 4 atom stereocenters. The van der Waals surface area contributed by atoms with Crippen LogP contribution in [-0.2, 0) is 19.2 Å². The minimum atomic E-state index is -1.14. The van der Waals surface area contributed by atoms with Crippen LogP contribution in [0.15, 0.2) is 0 Å². The normalized spacial score (nSPS) is 14.7. The molecular formula is C20H40N6O5S. The second kappa shape index (κ2) is 17.6. The van der Waals surface area contributed by atoms with E-state index in [1.165, 1.54) is 18.7 Å². The quantitative estimate of drug-likeness (QED) is 0.120. The molecule has 4 unspecified atom stereocenters. The van der Waals surface area contributed by atoms with Crippen molar-refractivity contribution in [2.75, 3.05) is 25.1 Å². The van der Waals surface area contributed by atoms with Crippen LogP contribution < -0.4 is 33.2 Å². The van der Waals surface area contributed by atoms with Crippen LogP contribution >= 0.6 is 11.8 Å². The van der Waals surface area contributed by atoms with Crippen molar-refractivity contribution in [3.05, 3.63) is 0 Å². The standard InChI is InChI=1S/C20H40N6O5S/c1-13(24-18(28)14(23)7-3-5-10-21)17(27)25-15(8-4-6-11-22)19(29)26-16(20(30)31)9-12-32-2/h13-16H,3-12,21-23H2,1-2H3,(H,24,28)(H,25,27)(H,26,29)(H,30,31). The number of aliphatic carboxylic acids is 1. The largest absolute Gasteiger partial charge is 0.480 e. The number of unbranched alkanes of at least 4 members (excludes halogenated alkanes) is 2. The Morgan fingerprint density at radius 3 is 1.91 bits per heavy atom. The van der Waals surface area contributed by atoms with Crippen LogP contribution in [0.25, 0.3) is 0 Å². The lowest BCUT2D eigenvalue weighted by molar-refractivity contribution is -0.142. The van der Waals surface area contributed by atoms with Crippen molar-refractivity contribution in [2.24, 2.45) is 17.2 Å². The molecule has 0 aliphatic rings. The number of carboxylic acid groups (broad SMARTS) is 1. The Bertz CT molecular complexity index is 595. The number of thioether (sulfide) groups is 1. The summed E-state index contributed by atoms with van der Waals surface area (Å²) in [4.78, 5) is 48.9. The van der Waals surface area contributed by atoms with Crippen LogP contribution in [0.4, 0.5) is 0 Å². The molecule has 0 aliphatic carbocycles. The molecular weight excluding hydrogens is 436 g/mol. The number of amides is 3. The van der Waals surface area contributed by atoms with Gasteiger partial charge in [-0.2, -0.15) is 11.8 Å². The van der Waals surface area contributed by atoms with Crippen molar-refractivity contribution in [1.82, 2.24) is 16.0 Å². The Hall–Kier alpha value is -1.89. The Labute approximate surface area is 194 Å². The summed E-state index contributed by atoms with van der Waals surface area (Å²) in [5.41, 5.74) is 16.8. The van der Waals surface area contributed by atoms with Crippen molar-refractivity contribution in [1.29, 1.82) is 0 Å². The van der Waals surface area contributed by atoms with Crippen molar-refractivity contribution in [3.63, 3.8) is 0 Å². The average Bonchev–Trinajstić information content (AvgIpc) is 2.75. The number of carbonyl (C=O) groups excluding carboxylic acids is 3.